The predicted molar refractivity (Wildman–Crippen MR) is 63.8 cm³/mol. The standard InChI is InChI=1S/C11H16BrNO/c1-8-6-10(4-5-11(8)12)13-7-9(2)14-3/h4-6,9,13H,7H2,1-3H3. The van der Waals surface area contributed by atoms with Gasteiger partial charge in [0.05, 0.1) is 6.10 Å². The molecule has 1 aromatic carbocycles. The highest BCUT2D eigenvalue weighted by Gasteiger charge is 2.00. The molecule has 0 aromatic heterocycles. The van der Waals surface area contributed by atoms with E-state index < -0.39 is 0 Å². The van der Waals surface area contributed by atoms with Crippen LogP contribution in [0.2, 0.25) is 0 Å². The Bertz CT molecular complexity index is 301. The number of hydrogen-bond donors (Lipinski definition) is 1. The minimum Gasteiger partial charge on any atom is -0.382 e. The Kier molecular flexibility index (Phi) is 4.42. The third kappa shape index (κ3) is 3.31. The molecule has 0 bridgehead atoms. The molecule has 1 N–H and O–H groups in total. The van der Waals surface area contributed by atoms with Crippen molar-refractivity contribution in [1.82, 2.24) is 0 Å². The third-order valence-corrected chi connectivity index (χ3v) is 3.04. The molecular formula is C11H16BrNO. The predicted octanol–water partition coefficient (Wildman–Crippen LogP) is 3.20. The zero-order valence-electron chi connectivity index (χ0n) is 8.80. The van der Waals surface area contributed by atoms with E-state index in [1.54, 1.807) is 7.11 Å². The zero-order chi connectivity index (χ0) is 10.6. The molecule has 14 heavy (non-hydrogen) atoms. The number of anilines is 1. The third-order valence-electron chi connectivity index (χ3n) is 2.15. The zero-order valence-corrected chi connectivity index (χ0v) is 10.4. The molecule has 0 radical (unpaired) electrons. The van der Waals surface area contributed by atoms with E-state index in [2.05, 4.69) is 46.4 Å². The number of nitrogens with one attached hydrogen (secondary N) is 1. The summed E-state index contributed by atoms with van der Waals surface area (Å²) in [4.78, 5) is 0. The number of ether oxygens (including phenoxy) is 1. The van der Waals surface area contributed by atoms with Crippen LogP contribution in [0.1, 0.15) is 12.5 Å². The summed E-state index contributed by atoms with van der Waals surface area (Å²) >= 11 is 3.47. The summed E-state index contributed by atoms with van der Waals surface area (Å²) in [5.74, 6) is 0. The van der Waals surface area contributed by atoms with Crippen LogP contribution in [0, 0.1) is 6.92 Å². The molecule has 1 atom stereocenters. The lowest BCUT2D eigenvalue weighted by atomic mass is 10.2. The van der Waals surface area contributed by atoms with Gasteiger partial charge in [0.15, 0.2) is 0 Å². The Morgan fingerprint density at radius 1 is 1.50 bits per heavy atom. The number of hydrogen-bond acceptors (Lipinski definition) is 2. The Morgan fingerprint density at radius 3 is 2.79 bits per heavy atom. The molecule has 78 valence electrons. The van der Waals surface area contributed by atoms with Gasteiger partial charge in [0.2, 0.25) is 0 Å². The van der Waals surface area contributed by atoms with Gasteiger partial charge in [-0.05, 0) is 37.6 Å². The summed E-state index contributed by atoms with van der Waals surface area (Å²) in [5.41, 5.74) is 2.37. The Balaban J connectivity index is 2.55. The van der Waals surface area contributed by atoms with Crippen molar-refractivity contribution in [2.75, 3.05) is 19.0 Å². The Hall–Kier alpha value is -0.540. The van der Waals surface area contributed by atoms with Crippen molar-refractivity contribution >= 4 is 21.6 Å². The molecule has 3 heteroatoms. The maximum atomic E-state index is 5.15. The highest BCUT2D eigenvalue weighted by molar-refractivity contribution is 9.10. The van der Waals surface area contributed by atoms with E-state index >= 15 is 0 Å². The molecule has 1 aromatic rings. The van der Waals surface area contributed by atoms with Crippen molar-refractivity contribution in [3.05, 3.63) is 28.2 Å². The maximum absolute atomic E-state index is 5.15. The quantitative estimate of drug-likeness (QED) is 0.895. The molecular weight excluding hydrogens is 242 g/mol. The fraction of sp³-hybridized carbons (Fsp3) is 0.455. The molecule has 0 saturated carbocycles. The van der Waals surface area contributed by atoms with Gasteiger partial charge in [-0.2, -0.15) is 0 Å². The first kappa shape index (κ1) is 11.5. The second kappa shape index (κ2) is 5.37. The summed E-state index contributed by atoms with van der Waals surface area (Å²) in [7, 11) is 1.72. The molecule has 0 heterocycles. The van der Waals surface area contributed by atoms with Gasteiger partial charge in [-0.3, -0.25) is 0 Å². The van der Waals surface area contributed by atoms with Crippen LogP contribution in [0.3, 0.4) is 0 Å². The summed E-state index contributed by atoms with van der Waals surface area (Å²) in [6.07, 6.45) is 0.235. The first-order valence-corrected chi connectivity index (χ1v) is 5.45. The fourth-order valence-corrected chi connectivity index (χ4v) is 1.35. The van der Waals surface area contributed by atoms with Crippen LogP contribution >= 0.6 is 15.9 Å². The number of rotatable bonds is 4. The minimum atomic E-state index is 0.235. The first-order chi connectivity index (χ1) is 6.63. The van der Waals surface area contributed by atoms with Crippen molar-refractivity contribution in [1.29, 1.82) is 0 Å². The molecule has 0 fully saturated rings. The van der Waals surface area contributed by atoms with Crippen LogP contribution in [0.4, 0.5) is 5.69 Å². The van der Waals surface area contributed by atoms with E-state index in [9.17, 15) is 0 Å². The van der Waals surface area contributed by atoms with Gasteiger partial charge in [0, 0.05) is 23.8 Å². The maximum Gasteiger partial charge on any atom is 0.0715 e. The van der Waals surface area contributed by atoms with Gasteiger partial charge in [-0.15, -0.1) is 0 Å². The molecule has 1 rings (SSSR count). The van der Waals surface area contributed by atoms with Gasteiger partial charge < -0.3 is 10.1 Å². The highest BCUT2D eigenvalue weighted by Crippen LogP contribution is 2.19. The minimum absolute atomic E-state index is 0.235. The number of benzene rings is 1. The molecule has 2 nitrogen and oxygen atoms in total. The van der Waals surface area contributed by atoms with E-state index in [-0.39, 0.29) is 6.10 Å². The molecule has 0 saturated heterocycles. The van der Waals surface area contributed by atoms with Gasteiger partial charge in [0.25, 0.3) is 0 Å². The lowest BCUT2D eigenvalue weighted by molar-refractivity contribution is 0.129. The number of aryl methyl sites for hydroxylation is 1. The summed E-state index contributed by atoms with van der Waals surface area (Å²) < 4.78 is 6.30. The van der Waals surface area contributed by atoms with Gasteiger partial charge >= 0.3 is 0 Å². The average Bonchev–Trinajstić information content (AvgIpc) is 2.19. The van der Waals surface area contributed by atoms with E-state index in [1.165, 1.54) is 5.56 Å². The van der Waals surface area contributed by atoms with Crippen LogP contribution in [-0.2, 0) is 4.74 Å². The largest absolute Gasteiger partial charge is 0.382 e. The molecule has 0 spiro atoms. The van der Waals surface area contributed by atoms with Gasteiger partial charge in [0.1, 0.15) is 0 Å². The van der Waals surface area contributed by atoms with Crippen molar-refractivity contribution in [3.8, 4) is 0 Å². The van der Waals surface area contributed by atoms with Crippen LogP contribution in [0.25, 0.3) is 0 Å². The summed E-state index contributed by atoms with van der Waals surface area (Å²) in [6.45, 7) is 4.95. The molecule has 0 aliphatic heterocycles. The van der Waals surface area contributed by atoms with E-state index in [0.29, 0.717) is 0 Å². The first-order valence-electron chi connectivity index (χ1n) is 4.66. The second-order valence-corrected chi connectivity index (χ2v) is 4.25. The topological polar surface area (TPSA) is 21.3 Å². The SMILES string of the molecule is COC(C)CNc1ccc(Br)c(C)c1. The van der Waals surface area contributed by atoms with Crippen LogP contribution in [0.15, 0.2) is 22.7 Å². The lowest BCUT2D eigenvalue weighted by Crippen LogP contribution is -2.17. The molecule has 0 aliphatic rings. The average molecular weight is 258 g/mol. The van der Waals surface area contributed by atoms with Crippen molar-refractivity contribution in [2.24, 2.45) is 0 Å². The molecule has 1 unspecified atom stereocenters. The number of methoxy groups -OCH3 is 1. The Morgan fingerprint density at radius 2 is 2.21 bits per heavy atom. The smallest absolute Gasteiger partial charge is 0.0715 e. The molecule has 0 aliphatic carbocycles. The molecule has 0 amide bonds. The summed E-state index contributed by atoms with van der Waals surface area (Å²) in [6, 6.07) is 6.22. The van der Waals surface area contributed by atoms with Crippen LogP contribution < -0.4 is 5.32 Å². The highest BCUT2D eigenvalue weighted by atomic mass is 79.9. The lowest BCUT2D eigenvalue weighted by Gasteiger charge is -2.12. The summed E-state index contributed by atoms with van der Waals surface area (Å²) in [5, 5.41) is 3.32. The second-order valence-electron chi connectivity index (χ2n) is 3.39. The van der Waals surface area contributed by atoms with Crippen LogP contribution in [0.5, 0.6) is 0 Å². The Labute approximate surface area is 93.8 Å². The monoisotopic (exact) mass is 257 g/mol. The van der Waals surface area contributed by atoms with Gasteiger partial charge in [-0.1, -0.05) is 15.9 Å². The van der Waals surface area contributed by atoms with Gasteiger partial charge in [-0.25, -0.2) is 0 Å². The van der Waals surface area contributed by atoms with Crippen molar-refractivity contribution in [3.63, 3.8) is 0 Å². The van der Waals surface area contributed by atoms with Crippen molar-refractivity contribution in [2.45, 2.75) is 20.0 Å². The number of halogens is 1. The fourth-order valence-electron chi connectivity index (χ4n) is 1.10. The van der Waals surface area contributed by atoms with E-state index in [0.717, 1.165) is 16.7 Å². The normalized spacial score (nSPS) is 12.6. The van der Waals surface area contributed by atoms with E-state index in [1.807, 2.05) is 6.92 Å². The van der Waals surface area contributed by atoms with Crippen LogP contribution in [-0.4, -0.2) is 19.8 Å². The van der Waals surface area contributed by atoms with E-state index in [4.69, 9.17) is 4.74 Å². The van der Waals surface area contributed by atoms with Crippen molar-refractivity contribution < 1.29 is 4.74 Å².